The molecule has 1 aromatic heterocycles. The number of sulfone groups is 1. The lowest BCUT2D eigenvalue weighted by atomic mass is 10.0. The van der Waals surface area contributed by atoms with Crippen molar-refractivity contribution >= 4 is 33.1 Å². The van der Waals surface area contributed by atoms with Crippen LogP contribution in [-0.4, -0.2) is 45.6 Å². The number of hydrogen-bond donors (Lipinski definition) is 0. The van der Waals surface area contributed by atoms with Crippen molar-refractivity contribution in [1.82, 2.24) is 0 Å². The molecular formula is C18H28O6S2. The van der Waals surface area contributed by atoms with E-state index in [-0.39, 0.29) is 15.9 Å². The van der Waals surface area contributed by atoms with Gasteiger partial charge in [0.1, 0.15) is 4.88 Å². The van der Waals surface area contributed by atoms with Crippen molar-refractivity contribution in [3.8, 4) is 0 Å². The molecule has 0 aliphatic carbocycles. The highest BCUT2D eigenvalue weighted by Crippen LogP contribution is 2.26. The van der Waals surface area contributed by atoms with E-state index >= 15 is 0 Å². The first-order valence-corrected chi connectivity index (χ1v) is 11.3. The normalized spacial score (nSPS) is 11.6. The molecule has 0 N–H and O–H groups in total. The number of unbranched alkanes of at least 4 members (excludes halogenated alkanes) is 4. The second-order valence-electron chi connectivity index (χ2n) is 6.38. The highest BCUT2D eigenvalue weighted by molar-refractivity contribution is 7.91. The Balaban J connectivity index is 2.47. The summed E-state index contributed by atoms with van der Waals surface area (Å²) in [5.74, 6) is -0.821. The lowest BCUT2D eigenvalue weighted by molar-refractivity contribution is 0.0559. The average molecular weight is 405 g/mol. The molecule has 0 aliphatic rings. The molecule has 8 heteroatoms. The second-order valence-corrected chi connectivity index (χ2v) is 9.94. The van der Waals surface area contributed by atoms with Gasteiger partial charge in [0.25, 0.3) is 0 Å². The van der Waals surface area contributed by atoms with E-state index in [1.165, 1.54) is 25.6 Å². The molecule has 6 nitrogen and oxygen atoms in total. The predicted molar refractivity (Wildman–Crippen MR) is 103 cm³/mol. The number of esters is 2. The van der Waals surface area contributed by atoms with Gasteiger partial charge in [-0.3, -0.25) is 0 Å². The molecule has 0 aromatic carbocycles. The van der Waals surface area contributed by atoms with Crippen LogP contribution >= 0.6 is 11.3 Å². The summed E-state index contributed by atoms with van der Waals surface area (Å²) >= 11 is 1.19. The first-order chi connectivity index (χ1) is 12.2. The van der Waals surface area contributed by atoms with Gasteiger partial charge in [-0.15, -0.1) is 11.3 Å². The SMILES string of the molecule is COC(=O)c1scc(CCCCCCCS(=O)(=O)C(C)C)c1C(=O)OC. The Labute approximate surface area is 159 Å². The minimum atomic E-state index is -2.95. The fourth-order valence-electron chi connectivity index (χ4n) is 2.53. The van der Waals surface area contributed by atoms with Crippen molar-refractivity contribution < 1.29 is 27.5 Å². The number of thiophene rings is 1. The summed E-state index contributed by atoms with van der Waals surface area (Å²) in [6.45, 7) is 3.41. The number of hydrogen-bond acceptors (Lipinski definition) is 7. The van der Waals surface area contributed by atoms with Crippen LogP contribution in [-0.2, 0) is 25.7 Å². The van der Waals surface area contributed by atoms with Crippen LogP contribution in [0, 0.1) is 0 Å². The molecule has 1 aromatic rings. The standard InChI is InChI=1S/C18H28O6S2/c1-13(2)26(21,22)11-9-7-5-6-8-10-14-12-25-16(18(20)24-4)15(14)17(19)23-3/h12-13H,5-11H2,1-4H3. The van der Waals surface area contributed by atoms with Crippen LogP contribution in [0.15, 0.2) is 5.38 Å². The van der Waals surface area contributed by atoms with E-state index in [2.05, 4.69) is 0 Å². The maximum Gasteiger partial charge on any atom is 0.348 e. The Morgan fingerprint density at radius 1 is 1.00 bits per heavy atom. The van der Waals surface area contributed by atoms with E-state index in [0.29, 0.717) is 18.4 Å². The van der Waals surface area contributed by atoms with E-state index in [4.69, 9.17) is 9.47 Å². The summed E-state index contributed by atoms with van der Waals surface area (Å²) in [7, 11) is -0.386. The van der Waals surface area contributed by atoms with Gasteiger partial charge >= 0.3 is 11.9 Å². The number of ether oxygens (including phenoxy) is 2. The molecule has 0 aliphatic heterocycles. The molecule has 0 saturated carbocycles. The zero-order valence-electron chi connectivity index (χ0n) is 15.9. The summed E-state index contributed by atoms with van der Waals surface area (Å²) < 4.78 is 33.0. The topological polar surface area (TPSA) is 86.7 Å². The minimum absolute atomic E-state index is 0.240. The number of carbonyl (C=O) groups excluding carboxylic acids is 2. The number of rotatable bonds is 11. The van der Waals surface area contributed by atoms with Gasteiger partial charge in [0.2, 0.25) is 0 Å². The highest BCUT2D eigenvalue weighted by Gasteiger charge is 2.24. The van der Waals surface area contributed by atoms with Gasteiger partial charge in [-0.05, 0) is 44.1 Å². The van der Waals surface area contributed by atoms with Crippen LogP contribution in [0.1, 0.15) is 71.5 Å². The van der Waals surface area contributed by atoms with E-state index < -0.39 is 21.8 Å². The Hall–Kier alpha value is -1.41. The van der Waals surface area contributed by atoms with Crippen LogP contribution < -0.4 is 0 Å². The molecule has 0 saturated heterocycles. The van der Waals surface area contributed by atoms with E-state index in [1.54, 1.807) is 19.2 Å². The second kappa shape index (κ2) is 10.7. The Kier molecular flexibility index (Phi) is 9.29. The fourth-order valence-corrected chi connectivity index (χ4v) is 4.62. The van der Waals surface area contributed by atoms with Crippen molar-refractivity contribution in [2.75, 3.05) is 20.0 Å². The van der Waals surface area contributed by atoms with Gasteiger partial charge in [-0.25, -0.2) is 18.0 Å². The van der Waals surface area contributed by atoms with Crippen LogP contribution in [0.4, 0.5) is 0 Å². The molecule has 0 bridgehead atoms. The monoisotopic (exact) mass is 404 g/mol. The van der Waals surface area contributed by atoms with E-state index in [1.807, 2.05) is 0 Å². The summed E-state index contributed by atoms with van der Waals surface area (Å²) in [5.41, 5.74) is 1.09. The van der Waals surface area contributed by atoms with Crippen LogP contribution in [0.5, 0.6) is 0 Å². The summed E-state index contributed by atoms with van der Waals surface area (Å²) in [5, 5.41) is 1.48. The highest BCUT2D eigenvalue weighted by atomic mass is 32.2. The minimum Gasteiger partial charge on any atom is -0.465 e. The lowest BCUT2D eigenvalue weighted by Gasteiger charge is -2.07. The van der Waals surface area contributed by atoms with Gasteiger partial charge < -0.3 is 9.47 Å². The van der Waals surface area contributed by atoms with E-state index in [0.717, 1.165) is 31.2 Å². The molecule has 148 valence electrons. The lowest BCUT2D eigenvalue weighted by Crippen LogP contribution is -2.17. The average Bonchev–Trinajstić information content (AvgIpc) is 3.03. The third-order valence-corrected chi connectivity index (χ3v) is 7.52. The molecule has 0 amide bonds. The molecule has 0 atom stereocenters. The zero-order valence-corrected chi connectivity index (χ0v) is 17.5. The maximum absolute atomic E-state index is 12.0. The van der Waals surface area contributed by atoms with Crippen LogP contribution in [0.2, 0.25) is 0 Å². The zero-order chi connectivity index (χ0) is 19.7. The molecule has 0 unspecified atom stereocenters. The molecule has 0 fully saturated rings. The first-order valence-electron chi connectivity index (χ1n) is 8.73. The fraction of sp³-hybridized carbons (Fsp3) is 0.667. The first kappa shape index (κ1) is 22.6. The van der Waals surface area contributed by atoms with Gasteiger partial charge in [0.05, 0.1) is 30.8 Å². The third kappa shape index (κ3) is 6.39. The Bertz CT molecular complexity index is 703. The van der Waals surface area contributed by atoms with Crippen molar-refractivity contribution in [3.63, 3.8) is 0 Å². The van der Waals surface area contributed by atoms with Crippen molar-refractivity contribution in [2.24, 2.45) is 0 Å². The summed E-state index contributed by atoms with van der Waals surface area (Å²) in [6, 6.07) is 0. The maximum atomic E-state index is 12.0. The molecular weight excluding hydrogens is 376 g/mol. The Morgan fingerprint density at radius 3 is 2.15 bits per heavy atom. The van der Waals surface area contributed by atoms with Crippen molar-refractivity contribution in [1.29, 1.82) is 0 Å². The largest absolute Gasteiger partial charge is 0.465 e. The van der Waals surface area contributed by atoms with Crippen molar-refractivity contribution in [2.45, 2.75) is 57.6 Å². The number of aryl methyl sites for hydroxylation is 1. The van der Waals surface area contributed by atoms with Crippen LogP contribution in [0.25, 0.3) is 0 Å². The third-order valence-electron chi connectivity index (χ3n) is 4.22. The molecule has 1 rings (SSSR count). The molecule has 1 heterocycles. The van der Waals surface area contributed by atoms with E-state index in [9.17, 15) is 18.0 Å². The quantitative estimate of drug-likeness (QED) is 0.413. The number of methoxy groups -OCH3 is 2. The van der Waals surface area contributed by atoms with Gasteiger partial charge in [0.15, 0.2) is 9.84 Å². The summed E-state index contributed by atoms with van der Waals surface area (Å²) in [6.07, 6.45) is 4.95. The van der Waals surface area contributed by atoms with Gasteiger partial charge in [0, 0.05) is 0 Å². The molecule has 0 spiro atoms. The number of carbonyl (C=O) groups is 2. The van der Waals surface area contributed by atoms with Crippen molar-refractivity contribution in [3.05, 3.63) is 21.4 Å². The summed E-state index contributed by atoms with van der Waals surface area (Å²) in [4.78, 5) is 24.0. The van der Waals surface area contributed by atoms with Crippen LogP contribution in [0.3, 0.4) is 0 Å². The Morgan fingerprint density at radius 2 is 1.58 bits per heavy atom. The van der Waals surface area contributed by atoms with Gasteiger partial charge in [-0.1, -0.05) is 19.3 Å². The smallest absolute Gasteiger partial charge is 0.348 e. The van der Waals surface area contributed by atoms with Gasteiger partial charge in [-0.2, -0.15) is 0 Å². The molecule has 0 radical (unpaired) electrons. The molecule has 26 heavy (non-hydrogen) atoms. The predicted octanol–water partition coefficient (Wildman–Crippen LogP) is 3.64.